The van der Waals surface area contributed by atoms with Crippen LogP contribution in [0.25, 0.3) is 0 Å². The van der Waals surface area contributed by atoms with Crippen molar-refractivity contribution in [3.05, 3.63) is 35.6 Å². The molecule has 0 aliphatic rings. The van der Waals surface area contributed by atoms with E-state index in [4.69, 9.17) is 9.47 Å². The third kappa shape index (κ3) is 4.35. The van der Waals surface area contributed by atoms with Crippen molar-refractivity contribution in [3.8, 4) is 0 Å². The van der Waals surface area contributed by atoms with E-state index in [-0.39, 0.29) is 25.2 Å². The van der Waals surface area contributed by atoms with Crippen LogP contribution in [0.2, 0.25) is 0 Å². The summed E-state index contributed by atoms with van der Waals surface area (Å²) in [6.45, 7) is 3.71. The number of carbonyl (C=O) groups is 2. The minimum absolute atomic E-state index is 0.147. The van der Waals surface area contributed by atoms with Crippen molar-refractivity contribution in [2.24, 2.45) is 0 Å². The van der Waals surface area contributed by atoms with Gasteiger partial charge >= 0.3 is 11.9 Å². The highest BCUT2D eigenvalue weighted by Gasteiger charge is 2.28. The van der Waals surface area contributed by atoms with E-state index in [9.17, 15) is 14.0 Å². The van der Waals surface area contributed by atoms with Crippen molar-refractivity contribution in [2.45, 2.75) is 26.2 Å². The molecule has 1 aromatic carbocycles. The topological polar surface area (TPSA) is 52.6 Å². The molecular formula is C14H17FO4. The summed E-state index contributed by atoms with van der Waals surface area (Å²) in [6.07, 6.45) is -0.229. The van der Waals surface area contributed by atoms with E-state index in [1.54, 1.807) is 19.9 Å². The second kappa shape index (κ2) is 7.51. The number of esters is 2. The van der Waals surface area contributed by atoms with Crippen LogP contribution in [0.4, 0.5) is 4.39 Å². The van der Waals surface area contributed by atoms with E-state index in [2.05, 4.69) is 0 Å². The zero-order valence-electron chi connectivity index (χ0n) is 11.0. The van der Waals surface area contributed by atoms with Crippen molar-refractivity contribution < 1.29 is 23.5 Å². The molecule has 0 saturated heterocycles. The van der Waals surface area contributed by atoms with E-state index in [0.29, 0.717) is 0 Å². The van der Waals surface area contributed by atoms with Crippen LogP contribution in [0.5, 0.6) is 0 Å². The summed E-state index contributed by atoms with van der Waals surface area (Å²) in [6, 6.07) is 5.84. The molecule has 1 aromatic rings. The highest BCUT2D eigenvalue weighted by atomic mass is 19.1. The normalized spacial score (nSPS) is 11.7. The van der Waals surface area contributed by atoms with Crippen molar-refractivity contribution in [2.75, 3.05) is 13.2 Å². The van der Waals surface area contributed by atoms with Gasteiger partial charge < -0.3 is 9.47 Å². The molecule has 0 aliphatic heterocycles. The predicted molar refractivity (Wildman–Crippen MR) is 67.0 cm³/mol. The maximum atomic E-state index is 13.7. The molecule has 19 heavy (non-hydrogen) atoms. The predicted octanol–water partition coefficient (Wildman–Crippen LogP) is 2.43. The molecule has 0 saturated carbocycles. The van der Waals surface area contributed by atoms with Crippen LogP contribution in [0.1, 0.15) is 31.7 Å². The molecule has 0 amide bonds. The largest absolute Gasteiger partial charge is 0.466 e. The van der Waals surface area contributed by atoms with Crippen LogP contribution < -0.4 is 0 Å². The van der Waals surface area contributed by atoms with E-state index in [1.807, 2.05) is 0 Å². The molecule has 104 valence electrons. The van der Waals surface area contributed by atoms with Gasteiger partial charge in [0.15, 0.2) is 0 Å². The van der Waals surface area contributed by atoms with E-state index in [0.717, 1.165) is 0 Å². The van der Waals surface area contributed by atoms with Crippen molar-refractivity contribution in [3.63, 3.8) is 0 Å². The van der Waals surface area contributed by atoms with Crippen LogP contribution in [0.3, 0.4) is 0 Å². The Hall–Kier alpha value is -1.91. The summed E-state index contributed by atoms with van der Waals surface area (Å²) in [5.74, 6) is -2.69. The third-order valence-corrected chi connectivity index (χ3v) is 2.53. The molecule has 5 heteroatoms. The molecule has 0 aliphatic carbocycles. The summed E-state index contributed by atoms with van der Waals surface area (Å²) in [4.78, 5) is 23.3. The minimum atomic E-state index is -0.972. The number of carbonyl (C=O) groups excluding carboxylic acids is 2. The fourth-order valence-corrected chi connectivity index (χ4v) is 1.71. The van der Waals surface area contributed by atoms with Gasteiger partial charge in [0.1, 0.15) is 5.82 Å². The fraction of sp³-hybridized carbons (Fsp3) is 0.429. The number of rotatable bonds is 6. The monoisotopic (exact) mass is 268 g/mol. The first-order valence-electron chi connectivity index (χ1n) is 6.16. The summed E-state index contributed by atoms with van der Waals surface area (Å²) >= 11 is 0. The maximum absolute atomic E-state index is 13.7. The van der Waals surface area contributed by atoms with Crippen molar-refractivity contribution >= 4 is 11.9 Å². The summed E-state index contributed by atoms with van der Waals surface area (Å²) in [7, 11) is 0. The molecule has 0 heterocycles. The number of benzene rings is 1. The number of hydrogen-bond acceptors (Lipinski definition) is 4. The van der Waals surface area contributed by atoms with Gasteiger partial charge in [-0.25, -0.2) is 4.39 Å². The molecular weight excluding hydrogens is 251 g/mol. The Labute approximate surface area is 111 Å². The van der Waals surface area contributed by atoms with Gasteiger partial charge in [-0.3, -0.25) is 9.59 Å². The molecule has 1 atom stereocenters. The highest BCUT2D eigenvalue weighted by Crippen LogP contribution is 2.24. The Bertz CT molecular complexity index is 445. The lowest BCUT2D eigenvalue weighted by Gasteiger charge is -2.15. The lowest BCUT2D eigenvalue weighted by molar-refractivity contribution is -0.151. The quantitative estimate of drug-likeness (QED) is 0.743. The standard InChI is InChI=1S/C14H17FO4/c1-3-18-13(16)9-11(14(17)19-4-2)10-7-5-6-8-12(10)15/h5-8,11H,3-4,9H2,1-2H3. The number of hydrogen-bond donors (Lipinski definition) is 0. The molecule has 1 rings (SSSR count). The lowest BCUT2D eigenvalue weighted by atomic mass is 9.95. The van der Waals surface area contributed by atoms with E-state index in [1.165, 1.54) is 18.2 Å². The number of ether oxygens (including phenoxy) is 2. The summed E-state index contributed by atoms with van der Waals surface area (Å²) in [5, 5.41) is 0. The van der Waals surface area contributed by atoms with Crippen LogP contribution >= 0.6 is 0 Å². The second-order valence-corrected chi connectivity index (χ2v) is 3.84. The minimum Gasteiger partial charge on any atom is -0.466 e. The maximum Gasteiger partial charge on any atom is 0.314 e. The Morgan fingerprint density at radius 2 is 1.79 bits per heavy atom. The average Bonchev–Trinajstić information content (AvgIpc) is 2.37. The number of halogens is 1. The van der Waals surface area contributed by atoms with Crippen molar-refractivity contribution in [1.82, 2.24) is 0 Å². The molecule has 0 spiro atoms. The first-order chi connectivity index (χ1) is 9.10. The highest BCUT2D eigenvalue weighted by molar-refractivity contribution is 5.84. The Kier molecular flexibility index (Phi) is 5.99. The molecule has 4 nitrogen and oxygen atoms in total. The molecule has 0 N–H and O–H groups in total. The zero-order valence-corrected chi connectivity index (χ0v) is 11.0. The van der Waals surface area contributed by atoms with Gasteiger partial charge in [-0.05, 0) is 19.9 Å². The third-order valence-electron chi connectivity index (χ3n) is 2.53. The molecule has 0 radical (unpaired) electrons. The molecule has 0 bridgehead atoms. The van der Waals surface area contributed by atoms with Gasteiger partial charge in [-0.2, -0.15) is 0 Å². The van der Waals surface area contributed by atoms with Crippen molar-refractivity contribution in [1.29, 1.82) is 0 Å². The van der Waals surface area contributed by atoms with Crippen LogP contribution in [0.15, 0.2) is 24.3 Å². The Morgan fingerprint density at radius 1 is 1.16 bits per heavy atom. The van der Waals surface area contributed by atoms with Gasteiger partial charge in [0.2, 0.25) is 0 Å². The molecule has 1 unspecified atom stereocenters. The van der Waals surface area contributed by atoms with E-state index < -0.39 is 23.7 Å². The van der Waals surface area contributed by atoms with Gasteiger partial charge in [0.05, 0.1) is 25.6 Å². The van der Waals surface area contributed by atoms with E-state index >= 15 is 0 Å². The Balaban J connectivity index is 2.95. The Morgan fingerprint density at radius 3 is 2.37 bits per heavy atom. The van der Waals surface area contributed by atoms with Crippen LogP contribution in [-0.2, 0) is 19.1 Å². The zero-order chi connectivity index (χ0) is 14.3. The van der Waals surface area contributed by atoms with Crippen LogP contribution in [-0.4, -0.2) is 25.2 Å². The van der Waals surface area contributed by atoms with Gasteiger partial charge in [-0.15, -0.1) is 0 Å². The second-order valence-electron chi connectivity index (χ2n) is 3.84. The average molecular weight is 268 g/mol. The first-order valence-corrected chi connectivity index (χ1v) is 6.16. The van der Waals surface area contributed by atoms with Gasteiger partial charge in [0, 0.05) is 5.56 Å². The molecule has 0 fully saturated rings. The first kappa shape index (κ1) is 15.1. The van der Waals surface area contributed by atoms with Gasteiger partial charge in [-0.1, -0.05) is 18.2 Å². The lowest BCUT2D eigenvalue weighted by Crippen LogP contribution is -2.21. The smallest absolute Gasteiger partial charge is 0.314 e. The van der Waals surface area contributed by atoms with Gasteiger partial charge in [0.25, 0.3) is 0 Å². The van der Waals surface area contributed by atoms with Crippen LogP contribution in [0, 0.1) is 5.82 Å². The molecule has 0 aromatic heterocycles. The summed E-state index contributed by atoms with van der Waals surface area (Å²) in [5.41, 5.74) is 0.147. The fourth-order valence-electron chi connectivity index (χ4n) is 1.71. The summed E-state index contributed by atoms with van der Waals surface area (Å²) < 4.78 is 23.4. The SMILES string of the molecule is CCOC(=O)CC(C(=O)OCC)c1ccccc1F.